The second kappa shape index (κ2) is 7.92. The van der Waals surface area contributed by atoms with Gasteiger partial charge < -0.3 is 14.6 Å². The summed E-state index contributed by atoms with van der Waals surface area (Å²) in [6, 6.07) is 9.94. The number of nitrogens with one attached hydrogen (secondary N) is 1. The highest BCUT2D eigenvalue weighted by atomic mass is 32.1. The summed E-state index contributed by atoms with van der Waals surface area (Å²) >= 11 is 1.54. The summed E-state index contributed by atoms with van der Waals surface area (Å²) in [7, 11) is 0. The minimum Gasteiger partial charge on any atom is -0.481 e. The molecule has 1 aliphatic rings. The molecule has 0 aliphatic heterocycles. The molecular weight excluding hydrogens is 362 g/mol. The van der Waals surface area contributed by atoms with Crippen LogP contribution in [-0.2, 0) is 24.2 Å². The second-order valence-electron chi connectivity index (χ2n) is 6.57. The van der Waals surface area contributed by atoms with Gasteiger partial charge in [0.05, 0.1) is 11.4 Å². The van der Waals surface area contributed by atoms with Gasteiger partial charge in [-0.2, -0.15) is 4.98 Å². The smallest absolute Gasteiger partial charge is 0.261 e. The number of carbonyl (C=O) groups excluding carboxylic acids is 1. The van der Waals surface area contributed by atoms with E-state index in [2.05, 4.69) is 21.5 Å². The Bertz CT molecular complexity index is 920. The molecule has 2 aromatic heterocycles. The van der Waals surface area contributed by atoms with Crippen molar-refractivity contribution in [2.24, 2.45) is 0 Å². The van der Waals surface area contributed by atoms with Gasteiger partial charge in [-0.1, -0.05) is 23.4 Å². The molecule has 0 saturated carbocycles. The number of nitrogens with zero attached hydrogens (tertiary/aromatic N) is 2. The Morgan fingerprint density at radius 1 is 1.30 bits per heavy atom. The van der Waals surface area contributed by atoms with E-state index in [1.165, 1.54) is 28.9 Å². The van der Waals surface area contributed by atoms with Crippen molar-refractivity contribution in [2.45, 2.75) is 45.3 Å². The van der Waals surface area contributed by atoms with Gasteiger partial charge in [0, 0.05) is 0 Å². The molecule has 4 rings (SSSR count). The maximum Gasteiger partial charge on any atom is 0.261 e. The number of thiophene rings is 1. The van der Waals surface area contributed by atoms with Gasteiger partial charge in [0.2, 0.25) is 11.7 Å². The lowest BCUT2D eigenvalue weighted by Gasteiger charge is -2.21. The van der Waals surface area contributed by atoms with E-state index in [0.717, 1.165) is 29.9 Å². The molecule has 0 spiro atoms. The van der Waals surface area contributed by atoms with E-state index in [9.17, 15) is 4.79 Å². The molecule has 1 aliphatic carbocycles. The van der Waals surface area contributed by atoms with Gasteiger partial charge in [-0.3, -0.25) is 4.79 Å². The van der Waals surface area contributed by atoms with Crippen LogP contribution in [0.4, 0.5) is 0 Å². The number of ether oxygens (including phenoxy) is 1. The van der Waals surface area contributed by atoms with Crippen molar-refractivity contribution in [1.82, 2.24) is 15.5 Å². The monoisotopic (exact) mass is 383 g/mol. The van der Waals surface area contributed by atoms with Gasteiger partial charge in [0.25, 0.3) is 5.91 Å². The Balaban J connectivity index is 1.35. The fourth-order valence-electron chi connectivity index (χ4n) is 3.24. The van der Waals surface area contributed by atoms with E-state index in [1.54, 1.807) is 6.92 Å². The number of carbonyl (C=O) groups is 1. The van der Waals surface area contributed by atoms with Crippen LogP contribution in [0.25, 0.3) is 10.7 Å². The lowest BCUT2D eigenvalue weighted by Crippen LogP contribution is -2.36. The van der Waals surface area contributed by atoms with Crippen molar-refractivity contribution in [1.29, 1.82) is 0 Å². The summed E-state index contributed by atoms with van der Waals surface area (Å²) in [4.78, 5) is 17.6. The standard InChI is InChI=1S/C20H21N3O3S/c1-13(25-16-9-4-7-14-6-2-3-8-15(14)16)20(24)21-12-18-22-19(23-26-18)17-10-5-11-27-17/h4-5,7,9-11,13H,2-3,6,8,12H2,1H3,(H,21,24). The molecular formula is C20H21N3O3S. The first-order valence-corrected chi connectivity index (χ1v) is 10.0. The van der Waals surface area contributed by atoms with Crippen LogP contribution in [0, 0.1) is 0 Å². The highest BCUT2D eigenvalue weighted by Gasteiger charge is 2.20. The number of fused-ring (bicyclic) bond motifs is 1. The van der Waals surface area contributed by atoms with Crippen molar-refractivity contribution >= 4 is 17.2 Å². The van der Waals surface area contributed by atoms with Gasteiger partial charge in [0.1, 0.15) is 5.75 Å². The summed E-state index contributed by atoms with van der Waals surface area (Å²) in [5.74, 6) is 1.51. The van der Waals surface area contributed by atoms with Crippen LogP contribution in [0.15, 0.2) is 40.2 Å². The highest BCUT2D eigenvalue weighted by molar-refractivity contribution is 7.13. The Morgan fingerprint density at radius 3 is 3.04 bits per heavy atom. The Kier molecular flexibility index (Phi) is 5.20. The summed E-state index contributed by atoms with van der Waals surface area (Å²) in [5.41, 5.74) is 2.57. The quantitative estimate of drug-likeness (QED) is 0.701. The predicted molar refractivity (Wildman–Crippen MR) is 103 cm³/mol. The third-order valence-corrected chi connectivity index (χ3v) is 5.52. The van der Waals surface area contributed by atoms with Crippen LogP contribution in [-0.4, -0.2) is 22.2 Å². The lowest BCUT2D eigenvalue weighted by molar-refractivity contribution is -0.127. The number of aromatic nitrogens is 2. The molecule has 3 aromatic rings. The van der Waals surface area contributed by atoms with Crippen molar-refractivity contribution in [3.63, 3.8) is 0 Å². The van der Waals surface area contributed by atoms with E-state index in [4.69, 9.17) is 9.26 Å². The van der Waals surface area contributed by atoms with Crippen LogP contribution >= 0.6 is 11.3 Å². The predicted octanol–water partition coefficient (Wildman–Crippen LogP) is 3.76. The lowest BCUT2D eigenvalue weighted by atomic mass is 9.91. The zero-order valence-corrected chi connectivity index (χ0v) is 15.9. The van der Waals surface area contributed by atoms with Gasteiger partial charge >= 0.3 is 0 Å². The van der Waals surface area contributed by atoms with E-state index < -0.39 is 6.10 Å². The number of hydrogen-bond acceptors (Lipinski definition) is 6. The van der Waals surface area contributed by atoms with Crippen LogP contribution in [0.2, 0.25) is 0 Å². The molecule has 1 unspecified atom stereocenters. The fraction of sp³-hybridized carbons (Fsp3) is 0.350. The SMILES string of the molecule is CC(Oc1cccc2c1CCCC2)C(=O)NCc1nc(-c2cccs2)no1. The third kappa shape index (κ3) is 4.03. The van der Waals surface area contributed by atoms with Crippen molar-refractivity contribution in [3.05, 3.63) is 52.7 Å². The summed E-state index contributed by atoms with van der Waals surface area (Å²) < 4.78 is 11.2. The zero-order chi connectivity index (χ0) is 18.6. The molecule has 1 N–H and O–H groups in total. The molecule has 7 heteroatoms. The molecule has 27 heavy (non-hydrogen) atoms. The van der Waals surface area contributed by atoms with Gasteiger partial charge in [-0.05, 0) is 61.2 Å². The fourth-order valence-corrected chi connectivity index (χ4v) is 3.89. The molecule has 1 amide bonds. The van der Waals surface area contributed by atoms with Crippen molar-refractivity contribution < 1.29 is 14.1 Å². The van der Waals surface area contributed by atoms with Crippen molar-refractivity contribution in [3.8, 4) is 16.5 Å². The summed E-state index contributed by atoms with van der Waals surface area (Å²) in [5, 5.41) is 8.69. The number of amides is 1. The second-order valence-corrected chi connectivity index (χ2v) is 7.52. The van der Waals surface area contributed by atoms with E-state index in [1.807, 2.05) is 29.6 Å². The van der Waals surface area contributed by atoms with E-state index >= 15 is 0 Å². The highest BCUT2D eigenvalue weighted by Crippen LogP contribution is 2.30. The number of benzene rings is 1. The molecule has 1 atom stereocenters. The first-order valence-electron chi connectivity index (χ1n) is 9.12. The Hall–Kier alpha value is -2.67. The van der Waals surface area contributed by atoms with Gasteiger partial charge in [0.15, 0.2) is 6.10 Å². The topological polar surface area (TPSA) is 77.2 Å². The largest absolute Gasteiger partial charge is 0.481 e. The zero-order valence-electron chi connectivity index (χ0n) is 15.1. The number of hydrogen-bond donors (Lipinski definition) is 1. The van der Waals surface area contributed by atoms with Crippen LogP contribution < -0.4 is 10.1 Å². The van der Waals surface area contributed by atoms with Crippen LogP contribution in [0.1, 0.15) is 36.8 Å². The maximum atomic E-state index is 12.4. The summed E-state index contributed by atoms with van der Waals surface area (Å²) in [6.45, 7) is 1.93. The molecule has 140 valence electrons. The number of aryl methyl sites for hydroxylation is 1. The minimum absolute atomic E-state index is 0.178. The molecule has 2 heterocycles. The van der Waals surface area contributed by atoms with Crippen LogP contribution in [0.3, 0.4) is 0 Å². The minimum atomic E-state index is -0.599. The number of rotatable bonds is 6. The average Bonchev–Trinajstić information content (AvgIpc) is 3.38. The third-order valence-electron chi connectivity index (χ3n) is 4.65. The average molecular weight is 383 g/mol. The molecule has 6 nitrogen and oxygen atoms in total. The van der Waals surface area contributed by atoms with E-state index in [-0.39, 0.29) is 12.5 Å². The molecule has 0 saturated heterocycles. The normalized spacial score (nSPS) is 14.4. The Morgan fingerprint density at radius 2 is 2.19 bits per heavy atom. The molecule has 0 bridgehead atoms. The maximum absolute atomic E-state index is 12.4. The van der Waals surface area contributed by atoms with E-state index in [0.29, 0.717) is 11.7 Å². The first-order chi connectivity index (χ1) is 13.2. The van der Waals surface area contributed by atoms with Crippen molar-refractivity contribution in [2.75, 3.05) is 0 Å². The molecule has 1 aromatic carbocycles. The van der Waals surface area contributed by atoms with Gasteiger partial charge in [-0.15, -0.1) is 11.3 Å². The first kappa shape index (κ1) is 17.7. The summed E-state index contributed by atoms with van der Waals surface area (Å²) in [6.07, 6.45) is 3.87. The Labute approximate surface area is 161 Å². The molecule has 0 fully saturated rings. The molecule has 0 radical (unpaired) electrons. The van der Waals surface area contributed by atoms with Crippen LogP contribution in [0.5, 0.6) is 5.75 Å². The van der Waals surface area contributed by atoms with Gasteiger partial charge in [-0.25, -0.2) is 0 Å².